The van der Waals surface area contributed by atoms with Gasteiger partial charge in [-0.2, -0.15) is 0 Å². The van der Waals surface area contributed by atoms with Gasteiger partial charge in [-0.3, -0.25) is 0 Å². The van der Waals surface area contributed by atoms with Crippen molar-refractivity contribution < 1.29 is 0 Å². The summed E-state index contributed by atoms with van der Waals surface area (Å²) in [4.78, 5) is 0. The van der Waals surface area contributed by atoms with Crippen molar-refractivity contribution in [2.24, 2.45) is 0 Å². The van der Waals surface area contributed by atoms with Gasteiger partial charge in [-0.25, -0.2) is 0 Å². The lowest BCUT2D eigenvalue weighted by Gasteiger charge is -1.99. The van der Waals surface area contributed by atoms with E-state index >= 15 is 0 Å². The van der Waals surface area contributed by atoms with Gasteiger partial charge in [-0.15, -0.1) is 0 Å². The highest BCUT2D eigenvalue weighted by Crippen LogP contribution is 2.12. The molecule has 0 atom stereocenters. The van der Waals surface area contributed by atoms with Gasteiger partial charge in [0.15, 0.2) is 0 Å². The molecule has 0 aliphatic carbocycles. The zero-order valence-electron chi connectivity index (χ0n) is 5.08. The van der Waals surface area contributed by atoms with Crippen LogP contribution in [0.1, 0.15) is 0 Å². The summed E-state index contributed by atoms with van der Waals surface area (Å²) in [6, 6.07) is 2.63. The number of hydrogen-bond acceptors (Lipinski definition) is 0. The summed E-state index contributed by atoms with van der Waals surface area (Å²) in [5.74, 6) is 0. The molecule has 0 nitrogen and oxygen atoms in total. The summed E-state index contributed by atoms with van der Waals surface area (Å²) < 4.78 is 1.04. The Morgan fingerprint density at radius 3 is 1.30 bits per heavy atom. The molecular weight excluding hydrogens is 424 g/mol. The minimum Gasteiger partial charge on any atom is -0.0809 e. The van der Waals surface area contributed by atoms with E-state index in [0.717, 1.165) is 19.0 Å². The molecule has 0 N–H and O–H groups in total. The van der Waals surface area contributed by atoms with Crippen molar-refractivity contribution in [2.45, 2.75) is 18.8 Å². The molecule has 0 saturated heterocycles. The maximum atomic E-state index is 3.45. The molecule has 58 valence electrons. The first kappa shape index (κ1) is 12.4. The lowest BCUT2D eigenvalue weighted by Crippen LogP contribution is -2.04. The molecule has 0 aromatic rings. The van der Waals surface area contributed by atoms with E-state index in [4.69, 9.17) is 0 Å². The Hall–Kier alpha value is 2.35. The first-order chi connectivity index (χ1) is 4.63. The summed E-state index contributed by atoms with van der Waals surface area (Å²) in [5.41, 5.74) is 0. The highest BCUT2D eigenvalue weighted by molar-refractivity contribution is 9.25. The molecule has 0 aliphatic heterocycles. The SMILES string of the molecule is BrC(Br)[Si]CC[Si]C(Br)Br. The molecule has 0 aromatic heterocycles. The molecule has 10 heavy (non-hydrogen) atoms. The normalized spacial score (nSPS) is 11.4. The van der Waals surface area contributed by atoms with Gasteiger partial charge in [0.25, 0.3) is 0 Å². The van der Waals surface area contributed by atoms with E-state index in [2.05, 4.69) is 63.7 Å². The van der Waals surface area contributed by atoms with Crippen LogP contribution in [0.25, 0.3) is 0 Å². The smallest absolute Gasteiger partial charge is 0.0708 e. The van der Waals surface area contributed by atoms with Crippen LogP contribution in [0.5, 0.6) is 0 Å². The lowest BCUT2D eigenvalue weighted by atomic mass is 10.9. The first-order valence-electron chi connectivity index (χ1n) is 2.66. The van der Waals surface area contributed by atoms with E-state index in [1.807, 2.05) is 0 Å². The van der Waals surface area contributed by atoms with E-state index in [9.17, 15) is 0 Å². The fourth-order valence-corrected chi connectivity index (χ4v) is 4.70. The average Bonchev–Trinajstić information content (AvgIpc) is 1.79. The molecule has 0 unspecified atom stereocenters. The standard InChI is InChI=1S/C4H6Br4Si2/c5-3(6)9-1-2-10-4(7)8/h3-4H,1-2H2. The lowest BCUT2D eigenvalue weighted by molar-refractivity contribution is 1.40. The van der Waals surface area contributed by atoms with E-state index in [1.165, 1.54) is 12.1 Å². The second-order valence-electron chi connectivity index (χ2n) is 1.51. The summed E-state index contributed by atoms with van der Waals surface area (Å²) in [6.07, 6.45) is 0. The Morgan fingerprint density at radius 2 is 1.10 bits per heavy atom. The van der Waals surface area contributed by atoms with Crippen molar-refractivity contribution in [3.05, 3.63) is 0 Å². The second-order valence-corrected chi connectivity index (χ2v) is 14.0. The molecule has 0 heterocycles. The Kier molecular flexibility index (Phi) is 9.85. The van der Waals surface area contributed by atoms with Crippen LogP contribution in [0.2, 0.25) is 12.1 Å². The average molecular weight is 430 g/mol. The Bertz CT molecular complexity index is 67.7. The molecule has 0 saturated carbocycles. The van der Waals surface area contributed by atoms with E-state index in [1.54, 1.807) is 0 Å². The third-order valence-corrected chi connectivity index (χ3v) is 6.80. The minimum atomic E-state index is 0.522. The van der Waals surface area contributed by atoms with Crippen LogP contribution in [-0.4, -0.2) is 25.8 Å². The van der Waals surface area contributed by atoms with Gasteiger partial charge in [0, 0.05) is 0 Å². The van der Waals surface area contributed by atoms with Crippen LogP contribution in [-0.2, 0) is 0 Å². The largest absolute Gasteiger partial charge is 0.0809 e. The summed E-state index contributed by atoms with van der Waals surface area (Å²) in [6.45, 7) is 0. The molecule has 0 bridgehead atoms. The third kappa shape index (κ3) is 10.4. The molecule has 0 rings (SSSR count). The summed E-state index contributed by atoms with van der Waals surface area (Å²) in [5, 5.41) is 0. The van der Waals surface area contributed by atoms with Crippen molar-refractivity contribution in [2.75, 3.05) is 0 Å². The Balaban J connectivity index is 2.91. The fourth-order valence-electron chi connectivity index (χ4n) is 0.363. The number of alkyl halides is 4. The number of halogens is 4. The van der Waals surface area contributed by atoms with Gasteiger partial charge in [0.2, 0.25) is 0 Å². The van der Waals surface area contributed by atoms with Crippen LogP contribution >= 0.6 is 63.7 Å². The zero-order chi connectivity index (χ0) is 7.98. The monoisotopic (exact) mass is 426 g/mol. The number of rotatable bonds is 5. The van der Waals surface area contributed by atoms with Crippen molar-refractivity contribution in [3.63, 3.8) is 0 Å². The summed E-state index contributed by atoms with van der Waals surface area (Å²) >= 11 is 13.8. The highest BCUT2D eigenvalue weighted by atomic mass is 79.9. The maximum absolute atomic E-state index is 3.45. The van der Waals surface area contributed by atoms with Gasteiger partial charge < -0.3 is 0 Å². The van der Waals surface area contributed by atoms with Crippen molar-refractivity contribution in [1.82, 2.24) is 0 Å². The predicted octanol–water partition coefficient (Wildman–Crippen LogP) is 3.38. The molecule has 6 heteroatoms. The molecule has 0 aromatic carbocycles. The first-order valence-corrected chi connectivity index (χ1v) is 8.89. The van der Waals surface area contributed by atoms with Crippen LogP contribution < -0.4 is 0 Å². The molecular formula is C4H6Br4Si2. The van der Waals surface area contributed by atoms with Gasteiger partial charge >= 0.3 is 0 Å². The summed E-state index contributed by atoms with van der Waals surface area (Å²) in [7, 11) is 1.97. The molecule has 4 radical (unpaired) electrons. The van der Waals surface area contributed by atoms with Gasteiger partial charge in [-0.1, -0.05) is 75.8 Å². The van der Waals surface area contributed by atoms with Gasteiger partial charge in [0.1, 0.15) is 0 Å². The van der Waals surface area contributed by atoms with Crippen LogP contribution in [0.3, 0.4) is 0 Å². The van der Waals surface area contributed by atoms with E-state index < -0.39 is 0 Å². The van der Waals surface area contributed by atoms with Crippen molar-refractivity contribution in [3.8, 4) is 0 Å². The zero-order valence-corrected chi connectivity index (χ0v) is 13.4. The van der Waals surface area contributed by atoms with E-state index in [0.29, 0.717) is 6.72 Å². The van der Waals surface area contributed by atoms with Crippen LogP contribution in [0.4, 0.5) is 0 Å². The molecule has 0 amide bonds. The topological polar surface area (TPSA) is 0 Å². The van der Waals surface area contributed by atoms with Gasteiger partial charge in [-0.05, 0) is 0 Å². The maximum Gasteiger partial charge on any atom is 0.0708 e. The van der Waals surface area contributed by atoms with Crippen molar-refractivity contribution in [1.29, 1.82) is 0 Å². The van der Waals surface area contributed by atoms with Crippen LogP contribution in [0.15, 0.2) is 0 Å². The fraction of sp³-hybridized carbons (Fsp3) is 1.00. The minimum absolute atomic E-state index is 0.522. The quantitative estimate of drug-likeness (QED) is 0.357. The Morgan fingerprint density at radius 1 is 0.800 bits per heavy atom. The van der Waals surface area contributed by atoms with Crippen molar-refractivity contribution >= 4 is 82.8 Å². The van der Waals surface area contributed by atoms with E-state index in [-0.39, 0.29) is 0 Å². The predicted molar refractivity (Wildman–Crippen MR) is 64.4 cm³/mol. The number of hydrogen-bond donors (Lipinski definition) is 0. The molecule has 0 fully saturated rings. The molecule has 0 aliphatic rings. The van der Waals surface area contributed by atoms with Gasteiger partial charge in [0.05, 0.1) is 25.8 Å². The highest BCUT2D eigenvalue weighted by Gasteiger charge is 2.02. The second kappa shape index (κ2) is 7.98. The Labute approximate surface area is 100 Å². The molecule has 0 spiro atoms. The third-order valence-electron chi connectivity index (χ3n) is 0.722. The van der Waals surface area contributed by atoms with Crippen LogP contribution in [0, 0.1) is 0 Å².